The van der Waals surface area contributed by atoms with Crippen molar-refractivity contribution in [3.63, 3.8) is 0 Å². The Labute approximate surface area is 123 Å². The Balaban J connectivity index is 1.54. The minimum absolute atomic E-state index is 0.00960. The molecule has 1 aliphatic rings. The van der Waals surface area contributed by atoms with Crippen LogP contribution in [0.5, 0.6) is 0 Å². The summed E-state index contributed by atoms with van der Waals surface area (Å²) >= 11 is 0. The van der Waals surface area contributed by atoms with Gasteiger partial charge >= 0.3 is 0 Å². The molecule has 0 aliphatic carbocycles. The fourth-order valence-electron chi connectivity index (χ4n) is 2.62. The maximum Gasteiger partial charge on any atom is 0.225 e. The zero-order chi connectivity index (χ0) is 14.7. The van der Waals surface area contributed by atoms with Crippen molar-refractivity contribution in [3.8, 4) is 0 Å². The third kappa shape index (κ3) is 3.24. The van der Waals surface area contributed by atoms with Crippen molar-refractivity contribution >= 4 is 17.0 Å². The van der Waals surface area contributed by atoms with Gasteiger partial charge in [-0.25, -0.2) is 4.98 Å². The fourth-order valence-corrected chi connectivity index (χ4v) is 2.62. The number of nitrogens with one attached hydrogen (secondary N) is 1. The van der Waals surface area contributed by atoms with E-state index in [9.17, 15) is 4.79 Å². The monoisotopic (exact) mass is 288 g/mol. The highest BCUT2D eigenvalue weighted by atomic mass is 16.5. The number of hydrogen-bond acceptors (Lipinski definition) is 4. The van der Waals surface area contributed by atoms with Gasteiger partial charge in [-0.15, -0.1) is 0 Å². The average molecular weight is 288 g/mol. The van der Waals surface area contributed by atoms with Gasteiger partial charge in [0.1, 0.15) is 5.52 Å². The van der Waals surface area contributed by atoms with Gasteiger partial charge in [0.05, 0.1) is 12.5 Å². The van der Waals surface area contributed by atoms with Gasteiger partial charge < -0.3 is 14.5 Å². The van der Waals surface area contributed by atoms with Crippen LogP contribution in [0.25, 0.3) is 11.1 Å². The van der Waals surface area contributed by atoms with Crippen LogP contribution in [0.2, 0.25) is 0 Å². The van der Waals surface area contributed by atoms with Gasteiger partial charge in [-0.1, -0.05) is 12.1 Å². The lowest BCUT2D eigenvalue weighted by molar-refractivity contribution is -0.128. The van der Waals surface area contributed by atoms with Crippen molar-refractivity contribution in [3.05, 3.63) is 29.7 Å². The molecule has 1 fully saturated rings. The predicted octanol–water partition coefficient (Wildman–Crippen LogP) is 2.22. The number of fused-ring (bicyclic) bond motifs is 1. The summed E-state index contributed by atoms with van der Waals surface area (Å²) in [5, 5.41) is 2.94. The van der Waals surface area contributed by atoms with Gasteiger partial charge in [-0.2, -0.15) is 0 Å². The second-order valence-corrected chi connectivity index (χ2v) is 5.48. The highest BCUT2D eigenvalue weighted by Gasteiger charge is 2.21. The molecule has 2 aromatic rings. The Kier molecular flexibility index (Phi) is 4.20. The van der Waals surface area contributed by atoms with Crippen LogP contribution in [0, 0.1) is 12.8 Å². The minimum Gasteiger partial charge on any atom is -0.441 e. The van der Waals surface area contributed by atoms with Gasteiger partial charge in [0.2, 0.25) is 5.91 Å². The Bertz CT molecular complexity index is 629. The molecule has 1 saturated heterocycles. The summed E-state index contributed by atoms with van der Waals surface area (Å²) in [6, 6.07) is 5.88. The molecule has 1 aromatic heterocycles. The number of amides is 1. The zero-order valence-corrected chi connectivity index (χ0v) is 12.2. The smallest absolute Gasteiger partial charge is 0.225 e. The molecule has 1 aromatic carbocycles. The lowest BCUT2D eigenvalue weighted by Gasteiger charge is -2.20. The molecule has 0 bridgehead atoms. The lowest BCUT2D eigenvalue weighted by Crippen LogP contribution is -2.36. The van der Waals surface area contributed by atoms with Crippen LogP contribution in [0.4, 0.5) is 0 Å². The minimum atomic E-state index is -0.00960. The van der Waals surface area contributed by atoms with E-state index in [0.29, 0.717) is 25.5 Å². The molecule has 0 spiro atoms. The summed E-state index contributed by atoms with van der Waals surface area (Å²) in [7, 11) is 0. The third-order valence-corrected chi connectivity index (χ3v) is 3.83. The molecule has 1 atom stereocenters. The van der Waals surface area contributed by atoms with Gasteiger partial charge in [0.25, 0.3) is 0 Å². The molecule has 5 heteroatoms. The van der Waals surface area contributed by atoms with E-state index in [4.69, 9.17) is 9.15 Å². The summed E-state index contributed by atoms with van der Waals surface area (Å²) in [5.41, 5.74) is 2.81. The van der Waals surface area contributed by atoms with Crippen LogP contribution in [0.15, 0.2) is 22.6 Å². The topological polar surface area (TPSA) is 64.4 Å². The van der Waals surface area contributed by atoms with Gasteiger partial charge in [-0.3, -0.25) is 4.79 Å². The van der Waals surface area contributed by atoms with E-state index in [2.05, 4.69) is 10.3 Å². The van der Waals surface area contributed by atoms with Crippen molar-refractivity contribution in [2.24, 2.45) is 5.92 Å². The van der Waals surface area contributed by atoms with E-state index in [1.807, 2.05) is 25.1 Å². The molecule has 21 heavy (non-hydrogen) atoms. The number of oxazole rings is 1. The van der Waals surface area contributed by atoms with E-state index in [1.54, 1.807) is 0 Å². The Hall–Kier alpha value is -1.88. The highest BCUT2D eigenvalue weighted by molar-refractivity contribution is 5.79. The summed E-state index contributed by atoms with van der Waals surface area (Å²) < 4.78 is 11.0. The number of carbonyl (C=O) groups is 1. The number of benzene rings is 1. The molecule has 1 aliphatic heterocycles. The Morgan fingerprint density at radius 1 is 1.48 bits per heavy atom. The van der Waals surface area contributed by atoms with Crippen LogP contribution in [0.3, 0.4) is 0 Å². The van der Waals surface area contributed by atoms with Crippen LogP contribution >= 0.6 is 0 Å². The van der Waals surface area contributed by atoms with E-state index < -0.39 is 0 Å². The molecule has 1 amide bonds. The van der Waals surface area contributed by atoms with Crippen molar-refractivity contribution in [2.75, 3.05) is 19.8 Å². The third-order valence-electron chi connectivity index (χ3n) is 3.83. The molecular formula is C16H20N2O3. The number of hydrogen-bond donors (Lipinski definition) is 1. The standard InChI is InChI=1S/C16H20N2O3/c1-11-4-2-6-13-15(11)18-14(21-13)7-8-17-16(19)12-5-3-9-20-10-12/h2,4,6,12H,3,5,7-10H2,1H3,(H,17,19)/t12-/m0/s1. The highest BCUT2D eigenvalue weighted by Crippen LogP contribution is 2.19. The number of para-hydroxylation sites is 1. The lowest BCUT2D eigenvalue weighted by atomic mass is 10.0. The number of carbonyl (C=O) groups excluding carboxylic acids is 1. The van der Waals surface area contributed by atoms with Gasteiger partial charge in [-0.05, 0) is 31.4 Å². The summed E-state index contributed by atoms with van der Waals surface area (Å²) in [6.07, 6.45) is 2.48. The van der Waals surface area contributed by atoms with E-state index in [0.717, 1.165) is 36.1 Å². The molecular weight excluding hydrogens is 268 g/mol. The molecule has 2 heterocycles. The van der Waals surface area contributed by atoms with Crippen molar-refractivity contribution in [1.82, 2.24) is 10.3 Å². The second kappa shape index (κ2) is 6.26. The maximum atomic E-state index is 12.0. The first kappa shape index (κ1) is 14.1. The zero-order valence-electron chi connectivity index (χ0n) is 12.2. The predicted molar refractivity (Wildman–Crippen MR) is 79.0 cm³/mol. The molecule has 0 radical (unpaired) electrons. The first-order valence-electron chi connectivity index (χ1n) is 7.44. The van der Waals surface area contributed by atoms with E-state index >= 15 is 0 Å². The van der Waals surface area contributed by atoms with Crippen LogP contribution in [-0.4, -0.2) is 30.6 Å². The summed E-state index contributed by atoms with van der Waals surface area (Å²) in [5.74, 6) is 0.728. The first-order valence-corrected chi connectivity index (χ1v) is 7.44. The number of ether oxygens (including phenoxy) is 1. The van der Waals surface area contributed by atoms with E-state index in [1.165, 1.54) is 0 Å². The fraction of sp³-hybridized carbons (Fsp3) is 0.500. The normalized spacial score (nSPS) is 18.8. The summed E-state index contributed by atoms with van der Waals surface area (Å²) in [6.45, 7) is 3.86. The quantitative estimate of drug-likeness (QED) is 0.937. The Morgan fingerprint density at radius 3 is 3.14 bits per heavy atom. The SMILES string of the molecule is Cc1cccc2oc(CCNC(=O)[C@H]3CCCOC3)nc12. The number of nitrogens with zero attached hydrogens (tertiary/aromatic N) is 1. The summed E-state index contributed by atoms with van der Waals surface area (Å²) in [4.78, 5) is 16.5. The molecule has 5 nitrogen and oxygen atoms in total. The van der Waals surface area contributed by atoms with Crippen LogP contribution in [-0.2, 0) is 16.0 Å². The van der Waals surface area contributed by atoms with Gasteiger partial charge in [0, 0.05) is 19.6 Å². The van der Waals surface area contributed by atoms with Crippen LogP contribution in [0.1, 0.15) is 24.3 Å². The molecule has 3 rings (SSSR count). The molecule has 1 N–H and O–H groups in total. The van der Waals surface area contributed by atoms with E-state index in [-0.39, 0.29) is 11.8 Å². The van der Waals surface area contributed by atoms with Crippen molar-refractivity contribution in [1.29, 1.82) is 0 Å². The maximum absolute atomic E-state index is 12.0. The number of rotatable bonds is 4. The number of aromatic nitrogens is 1. The molecule has 0 saturated carbocycles. The van der Waals surface area contributed by atoms with Crippen LogP contribution < -0.4 is 5.32 Å². The first-order chi connectivity index (χ1) is 10.2. The van der Waals surface area contributed by atoms with Crippen molar-refractivity contribution in [2.45, 2.75) is 26.2 Å². The molecule has 0 unspecified atom stereocenters. The van der Waals surface area contributed by atoms with Crippen molar-refractivity contribution < 1.29 is 13.9 Å². The Morgan fingerprint density at radius 2 is 2.38 bits per heavy atom. The average Bonchev–Trinajstić information content (AvgIpc) is 2.92. The second-order valence-electron chi connectivity index (χ2n) is 5.48. The number of aryl methyl sites for hydroxylation is 1. The van der Waals surface area contributed by atoms with Gasteiger partial charge in [0.15, 0.2) is 11.5 Å². The molecule has 112 valence electrons. The largest absolute Gasteiger partial charge is 0.441 e.